The molecule has 1 heterocycles. The molecule has 0 aliphatic carbocycles. The molecule has 0 spiro atoms. The lowest BCUT2D eigenvalue weighted by Gasteiger charge is -2.27. The molecule has 31 heavy (non-hydrogen) atoms. The van der Waals surface area contributed by atoms with Crippen LogP contribution in [0.5, 0.6) is 0 Å². The van der Waals surface area contributed by atoms with E-state index in [2.05, 4.69) is 21.3 Å². The van der Waals surface area contributed by atoms with Gasteiger partial charge in [0.25, 0.3) is 0 Å². The summed E-state index contributed by atoms with van der Waals surface area (Å²) >= 11 is 0. The summed E-state index contributed by atoms with van der Waals surface area (Å²) in [6, 6.07) is -4.08. The number of aliphatic carboxylic acids is 2. The summed E-state index contributed by atoms with van der Waals surface area (Å²) in [5, 5.41) is 28.8. The highest BCUT2D eigenvalue weighted by Gasteiger charge is 2.33. The van der Waals surface area contributed by atoms with E-state index in [0.717, 1.165) is 6.42 Å². The predicted molar refractivity (Wildman–Crippen MR) is 111 cm³/mol. The van der Waals surface area contributed by atoms with Crippen molar-refractivity contribution in [3.63, 3.8) is 0 Å². The summed E-state index contributed by atoms with van der Waals surface area (Å²) in [6.45, 7) is 7.63. The minimum atomic E-state index is -1.37. The van der Waals surface area contributed by atoms with Gasteiger partial charge in [0.05, 0.1) is 12.5 Å². The summed E-state index contributed by atoms with van der Waals surface area (Å²) in [6.07, 6.45) is 0.940. The van der Waals surface area contributed by atoms with Crippen molar-refractivity contribution in [1.82, 2.24) is 21.3 Å². The smallest absolute Gasteiger partial charge is 0.326 e. The number of nitrogens with one attached hydrogen (secondary N) is 4. The van der Waals surface area contributed by atoms with Crippen molar-refractivity contribution in [2.24, 2.45) is 11.8 Å². The SMILES string of the molecule is CC(C)CC(NC(=O)C(NC(=O)C(CC(=O)O)NC(=O)C1CCCN1)C(C)C)C(=O)O. The fourth-order valence-corrected chi connectivity index (χ4v) is 3.31. The lowest BCUT2D eigenvalue weighted by atomic mass is 10.00. The number of carboxylic acids is 2. The fourth-order valence-electron chi connectivity index (χ4n) is 3.31. The summed E-state index contributed by atoms with van der Waals surface area (Å²) in [4.78, 5) is 60.4. The Bertz CT molecular complexity index is 674. The first-order valence-corrected chi connectivity index (χ1v) is 10.5. The highest BCUT2D eigenvalue weighted by atomic mass is 16.4. The van der Waals surface area contributed by atoms with Crippen LogP contribution in [0, 0.1) is 11.8 Å². The monoisotopic (exact) mass is 442 g/mol. The van der Waals surface area contributed by atoms with Crippen LogP contribution in [-0.2, 0) is 24.0 Å². The van der Waals surface area contributed by atoms with Gasteiger partial charge < -0.3 is 31.5 Å². The molecule has 0 saturated carbocycles. The minimum Gasteiger partial charge on any atom is -0.481 e. The van der Waals surface area contributed by atoms with E-state index in [-0.39, 0.29) is 12.3 Å². The molecule has 11 nitrogen and oxygen atoms in total. The van der Waals surface area contributed by atoms with Crippen LogP contribution in [0.15, 0.2) is 0 Å². The Labute approximate surface area is 181 Å². The van der Waals surface area contributed by atoms with Gasteiger partial charge in [0.1, 0.15) is 18.1 Å². The second-order valence-corrected chi connectivity index (χ2v) is 8.57. The van der Waals surface area contributed by atoms with E-state index in [4.69, 9.17) is 5.11 Å². The third-order valence-corrected chi connectivity index (χ3v) is 4.96. The maximum Gasteiger partial charge on any atom is 0.326 e. The number of hydrogen-bond donors (Lipinski definition) is 6. The van der Waals surface area contributed by atoms with E-state index in [9.17, 15) is 29.1 Å². The fraction of sp³-hybridized carbons (Fsp3) is 0.750. The number of hydrogen-bond acceptors (Lipinski definition) is 6. The molecule has 1 aliphatic rings. The van der Waals surface area contributed by atoms with Gasteiger partial charge in [-0.05, 0) is 37.6 Å². The minimum absolute atomic E-state index is 0.0212. The molecule has 3 amide bonds. The highest BCUT2D eigenvalue weighted by Crippen LogP contribution is 2.09. The standard InChI is InChI=1S/C20H34N4O7/c1-10(2)8-14(20(30)31)23-19(29)16(11(3)4)24-18(28)13(9-15(25)26)22-17(27)12-6-5-7-21-12/h10-14,16,21H,5-9H2,1-4H3,(H,22,27)(H,23,29)(H,24,28)(H,25,26)(H,30,31). The molecule has 0 aromatic rings. The van der Waals surface area contributed by atoms with Crippen molar-refractivity contribution in [3.05, 3.63) is 0 Å². The number of amides is 3. The van der Waals surface area contributed by atoms with E-state index in [1.807, 2.05) is 13.8 Å². The van der Waals surface area contributed by atoms with Crippen molar-refractivity contribution < 1.29 is 34.2 Å². The first-order chi connectivity index (χ1) is 14.4. The van der Waals surface area contributed by atoms with Gasteiger partial charge in [-0.2, -0.15) is 0 Å². The Kier molecular flexibility index (Phi) is 10.4. The maximum atomic E-state index is 12.7. The van der Waals surface area contributed by atoms with Gasteiger partial charge in [-0.1, -0.05) is 27.7 Å². The average Bonchev–Trinajstić information content (AvgIpc) is 3.18. The van der Waals surface area contributed by atoms with Crippen LogP contribution in [-0.4, -0.2) is 70.6 Å². The molecule has 0 bridgehead atoms. The highest BCUT2D eigenvalue weighted by molar-refractivity contribution is 5.95. The van der Waals surface area contributed by atoms with Gasteiger partial charge in [-0.15, -0.1) is 0 Å². The second-order valence-electron chi connectivity index (χ2n) is 8.57. The third kappa shape index (κ3) is 8.91. The summed E-state index contributed by atoms with van der Waals surface area (Å²) in [5.74, 6) is -4.84. The van der Waals surface area contributed by atoms with Crippen molar-refractivity contribution in [3.8, 4) is 0 Å². The number of rotatable bonds is 12. The van der Waals surface area contributed by atoms with Gasteiger partial charge in [0.2, 0.25) is 17.7 Å². The van der Waals surface area contributed by atoms with E-state index in [0.29, 0.717) is 13.0 Å². The molecule has 0 radical (unpaired) electrons. The Hall–Kier alpha value is -2.69. The van der Waals surface area contributed by atoms with E-state index >= 15 is 0 Å². The number of carboxylic acid groups (broad SMARTS) is 2. The third-order valence-electron chi connectivity index (χ3n) is 4.96. The Morgan fingerprint density at radius 1 is 0.935 bits per heavy atom. The normalized spacial score (nSPS) is 18.8. The van der Waals surface area contributed by atoms with Crippen LogP contribution >= 0.6 is 0 Å². The van der Waals surface area contributed by atoms with Crippen molar-refractivity contribution >= 4 is 29.7 Å². The quantitative estimate of drug-likeness (QED) is 0.233. The maximum absolute atomic E-state index is 12.7. The lowest BCUT2D eigenvalue weighted by Crippen LogP contribution is -2.58. The zero-order valence-electron chi connectivity index (χ0n) is 18.4. The van der Waals surface area contributed by atoms with Gasteiger partial charge in [0, 0.05) is 0 Å². The number of carbonyl (C=O) groups is 5. The van der Waals surface area contributed by atoms with E-state index < -0.39 is 66.2 Å². The van der Waals surface area contributed by atoms with Crippen LogP contribution in [0.4, 0.5) is 0 Å². The molecule has 0 aromatic carbocycles. The zero-order valence-corrected chi connectivity index (χ0v) is 18.4. The van der Waals surface area contributed by atoms with Crippen molar-refractivity contribution in [2.45, 2.75) is 77.5 Å². The lowest BCUT2D eigenvalue weighted by molar-refractivity contribution is -0.144. The van der Waals surface area contributed by atoms with Gasteiger partial charge in [-0.3, -0.25) is 19.2 Å². The summed E-state index contributed by atoms with van der Waals surface area (Å²) in [5.41, 5.74) is 0. The molecular formula is C20H34N4O7. The van der Waals surface area contributed by atoms with Crippen LogP contribution in [0.1, 0.15) is 53.4 Å². The molecule has 4 atom stereocenters. The van der Waals surface area contributed by atoms with Gasteiger partial charge in [-0.25, -0.2) is 4.79 Å². The molecule has 1 aliphatic heterocycles. The molecule has 1 fully saturated rings. The molecule has 1 rings (SSSR count). The molecule has 6 N–H and O–H groups in total. The van der Waals surface area contributed by atoms with Crippen LogP contribution in [0.2, 0.25) is 0 Å². The van der Waals surface area contributed by atoms with Crippen LogP contribution < -0.4 is 21.3 Å². The molecule has 1 saturated heterocycles. The first-order valence-electron chi connectivity index (χ1n) is 10.5. The number of carbonyl (C=O) groups excluding carboxylic acids is 3. The molecular weight excluding hydrogens is 408 g/mol. The van der Waals surface area contributed by atoms with E-state index in [1.54, 1.807) is 13.8 Å². The topological polar surface area (TPSA) is 174 Å². The average molecular weight is 443 g/mol. The molecule has 0 aromatic heterocycles. The van der Waals surface area contributed by atoms with Crippen molar-refractivity contribution in [1.29, 1.82) is 0 Å². The Morgan fingerprint density at radius 3 is 2.03 bits per heavy atom. The Morgan fingerprint density at radius 2 is 1.58 bits per heavy atom. The largest absolute Gasteiger partial charge is 0.481 e. The van der Waals surface area contributed by atoms with E-state index in [1.165, 1.54) is 0 Å². The Balaban J connectivity index is 2.88. The second kappa shape index (κ2) is 12.2. The van der Waals surface area contributed by atoms with Crippen LogP contribution in [0.3, 0.4) is 0 Å². The van der Waals surface area contributed by atoms with Crippen LogP contribution in [0.25, 0.3) is 0 Å². The predicted octanol–water partition coefficient (Wildman–Crippen LogP) is -0.546. The first kappa shape index (κ1) is 26.3. The van der Waals surface area contributed by atoms with Gasteiger partial charge >= 0.3 is 11.9 Å². The summed E-state index contributed by atoms with van der Waals surface area (Å²) < 4.78 is 0. The summed E-state index contributed by atoms with van der Waals surface area (Å²) in [7, 11) is 0. The molecule has 176 valence electrons. The van der Waals surface area contributed by atoms with Gasteiger partial charge in [0.15, 0.2) is 0 Å². The van der Waals surface area contributed by atoms with Crippen molar-refractivity contribution in [2.75, 3.05) is 6.54 Å². The molecule has 4 unspecified atom stereocenters. The zero-order chi connectivity index (χ0) is 23.7. The molecule has 11 heteroatoms.